The van der Waals surface area contributed by atoms with Crippen LogP contribution in [-0.4, -0.2) is 22.4 Å². The summed E-state index contributed by atoms with van der Waals surface area (Å²) in [6.07, 6.45) is 4.28. The first-order valence-corrected chi connectivity index (χ1v) is 8.19. The van der Waals surface area contributed by atoms with Crippen LogP contribution in [0.1, 0.15) is 44.1 Å². The van der Waals surface area contributed by atoms with Gasteiger partial charge in [-0.1, -0.05) is 12.5 Å². The zero-order valence-electron chi connectivity index (χ0n) is 13.5. The van der Waals surface area contributed by atoms with Crippen LogP contribution in [0.3, 0.4) is 0 Å². The van der Waals surface area contributed by atoms with Crippen LogP contribution in [0.25, 0.3) is 0 Å². The minimum atomic E-state index is -0.737. The average molecular weight is 332 g/mol. The molecule has 1 unspecified atom stereocenters. The standard InChI is InChI=1S/C17H20N2O5/c1-11-5-6-13(14(9-11)19(22)23)18-16(21)12-10-15(20)24-17(12)7-3-2-4-8-17/h5-6,9,12H,2-4,7-8,10H2,1H3,(H,18,21). The van der Waals surface area contributed by atoms with Gasteiger partial charge in [0, 0.05) is 6.07 Å². The molecule has 1 aliphatic carbocycles. The lowest BCUT2D eigenvalue weighted by Gasteiger charge is -2.35. The molecule has 24 heavy (non-hydrogen) atoms. The number of rotatable bonds is 3. The predicted octanol–water partition coefficient (Wildman–Crippen LogP) is 3.11. The first-order valence-electron chi connectivity index (χ1n) is 8.19. The highest BCUT2D eigenvalue weighted by Gasteiger charge is 2.53. The number of hydrogen-bond donors (Lipinski definition) is 1. The molecule has 2 fully saturated rings. The highest BCUT2D eigenvalue weighted by atomic mass is 16.6. The second-order valence-electron chi connectivity index (χ2n) is 6.62. The molecule has 1 aromatic rings. The van der Waals surface area contributed by atoms with E-state index in [9.17, 15) is 19.7 Å². The second-order valence-corrected chi connectivity index (χ2v) is 6.62. The van der Waals surface area contributed by atoms with E-state index >= 15 is 0 Å². The van der Waals surface area contributed by atoms with E-state index in [0.29, 0.717) is 12.8 Å². The van der Waals surface area contributed by atoms with Crippen molar-refractivity contribution in [2.75, 3.05) is 5.32 Å². The van der Waals surface area contributed by atoms with Gasteiger partial charge in [-0.25, -0.2) is 0 Å². The number of esters is 1. The van der Waals surface area contributed by atoms with Crippen LogP contribution in [0.4, 0.5) is 11.4 Å². The van der Waals surface area contributed by atoms with Crippen molar-refractivity contribution in [1.82, 2.24) is 0 Å². The SMILES string of the molecule is Cc1ccc(NC(=O)C2CC(=O)OC23CCCCC3)c([N+](=O)[O-])c1. The molecule has 1 spiro atoms. The van der Waals surface area contributed by atoms with Crippen LogP contribution in [0.5, 0.6) is 0 Å². The topological polar surface area (TPSA) is 98.5 Å². The number of ether oxygens (including phenoxy) is 1. The Morgan fingerprint density at radius 1 is 1.33 bits per heavy atom. The minimum absolute atomic E-state index is 0.0332. The third-order valence-corrected chi connectivity index (χ3v) is 4.95. The maximum atomic E-state index is 12.7. The fraction of sp³-hybridized carbons (Fsp3) is 0.529. The normalized spacial score (nSPS) is 22.2. The van der Waals surface area contributed by atoms with Crippen molar-refractivity contribution in [3.05, 3.63) is 33.9 Å². The van der Waals surface area contributed by atoms with Crippen LogP contribution in [0.15, 0.2) is 18.2 Å². The van der Waals surface area contributed by atoms with Gasteiger partial charge in [0.05, 0.1) is 17.3 Å². The molecule has 1 heterocycles. The number of anilines is 1. The second kappa shape index (κ2) is 6.22. The van der Waals surface area contributed by atoms with Gasteiger partial charge in [0.1, 0.15) is 11.3 Å². The summed E-state index contributed by atoms with van der Waals surface area (Å²) < 4.78 is 5.52. The Morgan fingerprint density at radius 2 is 2.04 bits per heavy atom. The Hall–Kier alpha value is -2.44. The summed E-state index contributed by atoms with van der Waals surface area (Å²) >= 11 is 0. The molecule has 1 saturated heterocycles. The number of aryl methyl sites for hydroxylation is 1. The Kier molecular flexibility index (Phi) is 4.26. The van der Waals surface area contributed by atoms with Gasteiger partial charge >= 0.3 is 5.97 Å². The smallest absolute Gasteiger partial charge is 0.307 e. The van der Waals surface area contributed by atoms with Crippen molar-refractivity contribution in [3.8, 4) is 0 Å². The molecular weight excluding hydrogens is 312 g/mol. The van der Waals surface area contributed by atoms with Crippen LogP contribution >= 0.6 is 0 Å². The quantitative estimate of drug-likeness (QED) is 0.521. The summed E-state index contributed by atoms with van der Waals surface area (Å²) in [4.78, 5) is 35.2. The third-order valence-electron chi connectivity index (χ3n) is 4.95. The van der Waals surface area contributed by atoms with Gasteiger partial charge in [0.25, 0.3) is 5.69 Å². The molecule has 1 aliphatic heterocycles. The highest BCUT2D eigenvalue weighted by Crippen LogP contribution is 2.44. The predicted molar refractivity (Wildman–Crippen MR) is 86.5 cm³/mol. The molecule has 128 valence electrons. The van der Waals surface area contributed by atoms with E-state index in [1.807, 2.05) is 0 Å². The van der Waals surface area contributed by atoms with Crippen molar-refractivity contribution in [3.63, 3.8) is 0 Å². The van der Waals surface area contributed by atoms with E-state index in [-0.39, 0.29) is 29.7 Å². The van der Waals surface area contributed by atoms with E-state index in [2.05, 4.69) is 5.32 Å². The van der Waals surface area contributed by atoms with Crippen LogP contribution in [-0.2, 0) is 14.3 Å². The molecule has 0 radical (unpaired) electrons. The Bertz CT molecular complexity index is 694. The van der Waals surface area contributed by atoms with E-state index < -0.39 is 16.4 Å². The molecule has 3 rings (SSSR count). The summed E-state index contributed by atoms with van der Waals surface area (Å²) in [5, 5.41) is 13.8. The number of carbonyl (C=O) groups is 2. The number of amides is 1. The molecule has 0 bridgehead atoms. The largest absolute Gasteiger partial charge is 0.458 e. The van der Waals surface area contributed by atoms with Crippen LogP contribution < -0.4 is 5.32 Å². The lowest BCUT2D eigenvalue weighted by atomic mass is 9.75. The van der Waals surface area contributed by atoms with E-state index in [1.165, 1.54) is 12.1 Å². The third kappa shape index (κ3) is 2.98. The van der Waals surface area contributed by atoms with E-state index in [4.69, 9.17) is 4.74 Å². The van der Waals surface area contributed by atoms with Gasteiger partial charge in [0.2, 0.25) is 5.91 Å². The first kappa shape index (κ1) is 16.4. The lowest BCUT2D eigenvalue weighted by Crippen LogP contribution is -2.43. The van der Waals surface area contributed by atoms with Gasteiger partial charge in [-0.2, -0.15) is 0 Å². The number of benzene rings is 1. The number of carbonyl (C=O) groups excluding carboxylic acids is 2. The number of nitro benzene ring substituents is 1. The molecule has 2 aliphatic rings. The Labute approximate surface area is 139 Å². The molecule has 1 aromatic carbocycles. The Balaban J connectivity index is 1.84. The van der Waals surface area contributed by atoms with E-state index in [1.54, 1.807) is 13.0 Å². The van der Waals surface area contributed by atoms with Gasteiger partial charge in [-0.05, 0) is 44.2 Å². The summed E-state index contributed by atoms with van der Waals surface area (Å²) in [6.45, 7) is 1.75. The fourth-order valence-electron chi connectivity index (χ4n) is 3.74. The molecule has 1 amide bonds. The van der Waals surface area contributed by atoms with Gasteiger partial charge in [-0.3, -0.25) is 19.7 Å². The average Bonchev–Trinajstić information content (AvgIpc) is 2.85. The summed E-state index contributed by atoms with van der Waals surface area (Å²) in [5.41, 5.74) is 0.00818. The molecule has 1 N–H and O–H groups in total. The maximum absolute atomic E-state index is 12.7. The monoisotopic (exact) mass is 332 g/mol. The summed E-state index contributed by atoms with van der Waals surface area (Å²) in [7, 11) is 0. The zero-order chi connectivity index (χ0) is 17.3. The lowest BCUT2D eigenvalue weighted by molar-refractivity contribution is -0.384. The molecule has 7 heteroatoms. The number of nitro groups is 1. The first-order chi connectivity index (χ1) is 11.4. The van der Waals surface area contributed by atoms with E-state index in [0.717, 1.165) is 24.8 Å². The molecule has 7 nitrogen and oxygen atoms in total. The number of hydrogen-bond acceptors (Lipinski definition) is 5. The molecule has 1 atom stereocenters. The highest BCUT2D eigenvalue weighted by molar-refractivity contribution is 5.98. The summed E-state index contributed by atoms with van der Waals surface area (Å²) in [6, 6.07) is 4.65. The van der Waals surface area contributed by atoms with Gasteiger partial charge < -0.3 is 10.1 Å². The van der Waals surface area contributed by atoms with Crippen molar-refractivity contribution >= 4 is 23.3 Å². The molecule has 1 saturated carbocycles. The van der Waals surface area contributed by atoms with Gasteiger partial charge in [0.15, 0.2) is 0 Å². The molecule has 0 aromatic heterocycles. The van der Waals surface area contributed by atoms with Crippen LogP contribution in [0.2, 0.25) is 0 Å². The molecular formula is C17H20N2O5. The summed E-state index contributed by atoms with van der Waals surface area (Å²) in [5.74, 6) is -1.34. The van der Waals surface area contributed by atoms with Crippen molar-refractivity contribution in [2.24, 2.45) is 5.92 Å². The van der Waals surface area contributed by atoms with Crippen molar-refractivity contribution in [2.45, 2.75) is 51.0 Å². The fourth-order valence-corrected chi connectivity index (χ4v) is 3.74. The van der Waals surface area contributed by atoms with Crippen molar-refractivity contribution < 1.29 is 19.2 Å². The Morgan fingerprint density at radius 3 is 2.71 bits per heavy atom. The maximum Gasteiger partial charge on any atom is 0.307 e. The zero-order valence-corrected chi connectivity index (χ0v) is 13.5. The van der Waals surface area contributed by atoms with Crippen molar-refractivity contribution in [1.29, 1.82) is 0 Å². The van der Waals surface area contributed by atoms with Crippen LogP contribution in [0, 0.1) is 23.0 Å². The number of nitrogens with one attached hydrogen (secondary N) is 1. The van der Waals surface area contributed by atoms with Gasteiger partial charge in [-0.15, -0.1) is 0 Å². The number of nitrogens with zero attached hydrogens (tertiary/aromatic N) is 1. The minimum Gasteiger partial charge on any atom is -0.458 e.